The van der Waals surface area contributed by atoms with Gasteiger partial charge in [0.1, 0.15) is 0 Å². The first-order valence-electron chi connectivity index (χ1n) is 2.55. The first-order chi connectivity index (χ1) is 4.63. The van der Waals surface area contributed by atoms with Crippen molar-refractivity contribution in [1.29, 1.82) is 0 Å². The lowest BCUT2D eigenvalue weighted by atomic mass is 10.7. The molecule has 1 aromatic rings. The zero-order valence-corrected chi connectivity index (χ0v) is 6.26. The van der Waals surface area contributed by atoms with Crippen LogP contribution in [0.3, 0.4) is 0 Å². The Morgan fingerprint density at radius 3 is 2.30 bits per heavy atom. The van der Waals surface area contributed by atoms with Crippen molar-refractivity contribution in [3.05, 3.63) is 17.5 Å². The highest BCUT2D eigenvalue weighted by molar-refractivity contribution is 7.11. The molecule has 56 valence electrons. The Hall–Kier alpha value is -1.03. The van der Waals surface area contributed by atoms with Gasteiger partial charge < -0.3 is 10.2 Å². The van der Waals surface area contributed by atoms with Crippen LogP contribution in [0.1, 0.15) is 6.92 Å². The van der Waals surface area contributed by atoms with E-state index >= 15 is 0 Å². The number of hydrogen-bond donors (Lipinski definition) is 2. The van der Waals surface area contributed by atoms with E-state index < -0.39 is 5.97 Å². The fraction of sp³-hybridized carbons (Fsp3) is 0.167. The number of aliphatic carboxylic acids is 1. The number of aromatic hydroxyl groups is 1. The minimum absolute atomic E-state index is 0.384. The standard InChI is InChI=1S/C4H4OS.C2H4O2/c5-4-2-1-3-6-4;1-2(3)4/h1-3,5H;1H3,(H,3,4). The number of rotatable bonds is 0. The molecule has 0 saturated heterocycles. The summed E-state index contributed by atoms with van der Waals surface area (Å²) in [6, 6.07) is 3.46. The third kappa shape index (κ3) is 6.97. The number of thiophene rings is 1. The normalized spacial score (nSPS) is 7.70. The molecule has 0 aromatic carbocycles. The van der Waals surface area contributed by atoms with Crippen LogP contribution in [0.5, 0.6) is 5.06 Å². The highest BCUT2D eigenvalue weighted by Gasteiger charge is 1.77. The van der Waals surface area contributed by atoms with Crippen LogP contribution in [0.4, 0.5) is 0 Å². The molecule has 1 rings (SSSR count). The highest BCUT2D eigenvalue weighted by atomic mass is 32.1. The molecule has 3 nitrogen and oxygen atoms in total. The number of carboxylic acids is 1. The Balaban J connectivity index is 0.000000180. The van der Waals surface area contributed by atoms with E-state index in [0.717, 1.165) is 6.92 Å². The quantitative estimate of drug-likeness (QED) is 0.605. The maximum atomic E-state index is 9.00. The van der Waals surface area contributed by atoms with Crippen LogP contribution in [-0.4, -0.2) is 16.2 Å². The lowest BCUT2D eigenvalue weighted by molar-refractivity contribution is -0.134. The molecule has 0 aliphatic rings. The minimum atomic E-state index is -0.833. The van der Waals surface area contributed by atoms with Crippen molar-refractivity contribution in [3.8, 4) is 5.06 Å². The molecule has 0 spiro atoms. The van der Waals surface area contributed by atoms with Gasteiger partial charge in [-0.15, -0.1) is 11.3 Å². The number of carbonyl (C=O) groups is 1. The SMILES string of the molecule is CC(=O)O.Oc1cccs1. The van der Waals surface area contributed by atoms with E-state index in [9.17, 15) is 0 Å². The van der Waals surface area contributed by atoms with Crippen molar-refractivity contribution in [3.63, 3.8) is 0 Å². The summed E-state index contributed by atoms with van der Waals surface area (Å²) >= 11 is 1.33. The van der Waals surface area contributed by atoms with Gasteiger partial charge in [0.05, 0.1) is 0 Å². The van der Waals surface area contributed by atoms with Crippen LogP contribution in [0, 0.1) is 0 Å². The van der Waals surface area contributed by atoms with E-state index in [1.807, 2.05) is 5.38 Å². The van der Waals surface area contributed by atoms with Crippen molar-refractivity contribution in [1.82, 2.24) is 0 Å². The molecule has 4 heteroatoms. The van der Waals surface area contributed by atoms with Crippen LogP contribution in [0.15, 0.2) is 17.5 Å². The van der Waals surface area contributed by atoms with Gasteiger partial charge in [-0.3, -0.25) is 4.79 Å². The smallest absolute Gasteiger partial charge is 0.300 e. The summed E-state index contributed by atoms with van der Waals surface area (Å²) in [5.41, 5.74) is 0. The molecule has 1 aromatic heterocycles. The zero-order chi connectivity index (χ0) is 7.98. The second-order valence-electron chi connectivity index (χ2n) is 1.47. The highest BCUT2D eigenvalue weighted by Crippen LogP contribution is 2.14. The number of hydrogen-bond acceptors (Lipinski definition) is 3. The summed E-state index contributed by atoms with van der Waals surface area (Å²) < 4.78 is 0. The van der Waals surface area contributed by atoms with Gasteiger partial charge in [-0.05, 0) is 17.5 Å². The molecule has 0 unspecified atom stereocenters. The molecule has 0 fully saturated rings. The maximum Gasteiger partial charge on any atom is 0.300 e. The molecule has 10 heavy (non-hydrogen) atoms. The van der Waals surface area contributed by atoms with E-state index in [4.69, 9.17) is 15.0 Å². The molecule has 0 atom stereocenters. The Kier molecular flexibility index (Phi) is 4.32. The van der Waals surface area contributed by atoms with Crippen LogP contribution < -0.4 is 0 Å². The van der Waals surface area contributed by atoms with Crippen molar-refractivity contribution in [2.75, 3.05) is 0 Å². The summed E-state index contributed by atoms with van der Waals surface area (Å²) in [6.45, 7) is 1.08. The van der Waals surface area contributed by atoms with Crippen LogP contribution >= 0.6 is 11.3 Å². The van der Waals surface area contributed by atoms with Crippen molar-refractivity contribution in [2.24, 2.45) is 0 Å². The van der Waals surface area contributed by atoms with Gasteiger partial charge in [0.2, 0.25) is 0 Å². The molecule has 0 saturated carbocycles. The molecule has 0 aliphatic heterocycles. The Bertz CT molecular complexity index is 177. The predicted molar refractivity (Wildman–Crippen MR) is 39.3 cm³/mol. The van der Waals surface area contributed by atoms with E-state index in [-0.39, 0.29) is 0 Å². The summed E-state index contributed by atoms with van der Waals surface area (Å²) in [4.78, 5) is 9.00. The average molecular weight is 160 g/mol. The molecule has 0 radical (unpaired) electrons. The minimum Gasteiger partial charge on any atom is -0.499 e. The van der Waals surface area contributed by atoms with Crippen molar-refractivity contribution >= 4 is 17.3 Å². The maximum absolute atomic E-state index is 9.00. The molecule has 0 amide bonds. The summed E-state index contributed by atoms with van der Waals surface area (Å²) in [5, 5.41) is 18.1. The van der Waals surface area contributed by atoms with Crippen LogP contribution in [0.2, 0.25) is 0 Å². The lowest BCUT2D eigenvalue weighted by Crippen LogP contribution is -1.78. The van der Waals surface area contributed by atoms with Gasteiger partial charge in [-0.2, -0.15) is 0 Å². The van der Waals surface area contributed by atoms with Crippen LogP contribution in [-0.2, 0) is 4.79 Å². The Morgan fingerprint density at radius 2 is 2.20 bits per heavy atom. The molecular weight excluding hydrogens is 152 g/mol. The third-order valence-electron chi connectivity index (χ3n) is 0.506. The second-order valence-corrected chi connectivity index (χ2v) is 2.40. The monoisotopic (exact) mass is 160 g/mol. The van der Waals surface area contributed by atoms with Crippen molar-refractivity contribution in [2.45, 2.75) is 6.92 Å². The van der Waals surface area contributed by atoms with E-state index in [0.29, 0.717) is 5.06 Å². The molecule has 0 bridgehead atoms. The zero-order valence-electron chi connectivity index (χ0n) is 5.44. The van der Waals surface area contributed by atoms with Crippen molar-refractivity contribution < 1.29 is 15.0 Å². The van der Waals surface area contributed by atoms with Gasteiger partial charge in [0.15, 0.2) is 5.06 Å². The summed E-state index contributed by atoms with van der Waals surface area (Å²) in [6.07, 6.45) is 0. The van der Waals surface area contributed by atoms with Gasteiger partial charge >= 0.3 is 0 Å². The summed E-state index contributed by atoms with van der Waals surface area (Å²) in [5.74, 6) is -0.833. The molecule has 0 aliphatic carbocycles. The fourth-order valence-corrected chi connectivity index (χ4v) is 0.724. The van der Waals surface area contributed by atoms with E-state index in [1.54, 1.807) is 12.1 Å². The average Bonchev–Trinajstić information content (AvgIpc) is 2.15. The third-order valence-corrected chi connectivity index (χ3v) is 1.18. The van der Waals surface area contributed by atoms with Gasteiger partial charge in [-0.1, -0.05) is 0 Å². The van der Waals surface area contributed by atoms with Gasteiger partial charge in [0, 0.05) is 6.92 Å². The molecule has 1 heterocycles. The Labute approximate surface area is 62.6 Å². The molecule has 2 N–H and O–H groups in total. The van der Waals surface area contributed by atoms with Gasteiger partial charge in [0.25, 0.3) is 5.97 Å². The lowest BCUT2D eigenvalue weighted by Gasteiger charge is -1.67. The second kappa shape index (κ2) is 4.81. The van der Waals surface area contributed by atoms with Crippen LogP contribution in [0.25, 0.3) is 0 Å². The number of carboxylic acid groups (broad SMARTS) is 1. The first-order valence-corrected chi connectivity index (χ1v) is 3.43. The van der Waals surface area contributed by atoms with Gasteiger partial charge in [-0.25, -0.2) is 0 Å². The summed E-state index contributed by atoms with van der Waals surface area (Å²) in [7, 11) is 0. The predicted octanol–water partition coefficient (Wildman–Crippen LogP) is 1.54. The fourth-order valence-electron chi connectivity index (χ4n) is 0.270. The Morgan fingerprint density at radius 1 is 1.70 bits per heavy atom. The van der Waals surface area contributed by atoms with E-state index in [1.165, 1.54) is 11.3 Å². The van der Waals surface area contributed by atoms with E-state index in [2.05, 4.69) is 0 Å². The molecular formula is C6H8O3S. The topological polar surface area (TPSA) is 57.5 Å². The first kappa shape index (κ1) is 8.97. The largest absolute Gasteiger partial charge is 0.499 e.